The number of rotatable bonds is 5. The number of esters is 2. The zero-order valence-corrected chi connectivity index (χ0v) is 20.4. The molecule has 180 valence electrons. The molecule has 1 fully saturated rings. The van der Waals surface area contributed by atoms with Crippen LogP contribution >= 0.6 is 0 Å². The van der Waals surface area contributed by atoms with Gasteiger partial charge in [0.2, 0.25) is 0 Å². The number of benzene rings is 1. The Bertz CT molecular complexity index is 959. The van der Waals surface area contributed by atoms with Gasteiger partial charge in [0.05, 0.1) is 11.2 Å². The molecule has 1 aromatic rings. The lowest BCUT2D eigenvalue weighted by atomic mass is 9.67. The predicted molar refractivity (Wildman–Crippen MR) is 126 cm³/mol. The number of aliphatic hydroxyl groups is 1. The summed E-state index contributed by atoms with van der Waals surface area (Å²) in [7, 11) is 0. The summed E-state index contributed by atoms with van der Waals surface area (Å²) in [5.41, 5.74) is 0.126. The van der Waals surface area contributed by atoms with Crippen molar-refractivity contribution in [3.63, 3.8) is 0 Å². The quantitative estimate of drug-likeness (QED) is 0.370. The van der Waals surface area contributed by atoms with Gasteiger partial charge in [0.25, 0.3) is 0 Å². The first-order valence-corrected chi connectivity index (χ1v) is 11.6. The summed E-state index contributed by atoms with van der Waals surface area (Å²) in [6.07, 6.45) is 4.10. The molecular formula is C27H36O6. The number of phenols is 1. The van der Waals surface area contributed by atoms with E-state index in [1.807, 2.05) is 27.7 Å². The van der Waals surface area contributed by atoms with E-state index in [0.29, 0.717) is 24.0 Å². The highest BCUT2D eigenvalue weighted by Gasteiger charge is 2.65. The molecule has 0 spiro atoms. The van der Waals surface area contributed by atoms with Gasteiger partial charge >= 0.3 is 11.9 Å². The number of hydrogen-bond donors (Lipinski definition) is 2. The molecule has 5 atom stereocenters. The van der Waals surface area contributed by atoms with Gasteiger partial charge in [0, 0.05) is 29.7 Å². The molecule has 3 rings (SSSR count). The minimum atomic E-state index is -1.18. The lowest BCUT2D eigenvalue weighted by molar-refractivity contribution is -0.151. The van der Waals surface area contributed by atoms with Gasteiger partial charge in [0.1, 0.15) is 18.0 Å². The molecule has 6 heteroatoms. The van der Waals surface area contributed by atoms with E-state index in [4.69, 9.17) is 9.47 Å². The molecule has 0 aliphatic heterocycles. The van der Waals surface area contributed by atoms with Crippen LogP contribution in [0.15, 0.2) is 47.6 Å². The molecule has 0 aromatic heterocycles. The van der Waals surface area contributed by atoms with Crippen LogP contribution in [0.3, 0.4) is 0 Å². The molecule has 0 heterocycles. The second-order valence-corrected chi connectivity index (χ2v) is 10.1. The monoisotopic (exact) mass is 456 g/mol. The maximum atomic E-state index is 13.0. The summed E-state index contributed by atoms with van der Waals surface area (Å²) >= 11 is 0. The second-order valence-electron chi connectivity index (χ2n) is 10.1. The van der Waals surface area contributed by atoms with Gasteiger partial charge in [-0.3, -0.25) is 0 Å². The third-order valence-corrected chi connectivity index (χ3v) is 7.65. The average Bonchev–Trinajstić information content (AvgIpc) is 2.89. The van der Waals surface area contributed by atoms with Gasteiger partial charge in [0.15, 0.2) is 0 Å². The van der Waals surface area contributed by atoms with Crippen molar-refractivity contribution in [2.75, 3.05) is 0 Å². The van der Waals surface area contributed by atoms with Gasteiger partial charge < -0.3 is 19.7 Å². The van der Waals surface area contributed by atoms with Crippen molar-refractivity contribution in [3.8, 4) is 5.75 Å². The topological polar surface area (TPSA) is 93.1 Å². The third-order valence-electron chi connectivity index (χ3n) is 7.65. The highest BCUT2D eigenvalue weighted by Crippen LogP contribution is 2.59. The van der Waals surface area contributed by atoms with Crippen LogP contribution in [-0.2, 0) is 14.3 Å². The van der Waals surface area contributed by atoms with Crippen LogP contribution in [0.2, 0.25) is 0 Å². The van der Waals surface area contributed by atoms with Crippen LogP contribution in [0.25, 0.3) is 0 Å². The fraction of sp³-hybridized carbons (Fsp3) is 0.556. The number of allylic oxidation sites excluding steroid dienone is 2. The van der Waals surface area contributed by atoms with Crippen LogP contribution in [0.1, 0.15) is 71.2 Å². The molecule has 2 aliphatic carbocycles. The molecule has 2 aliphatic rings. The van der Waals surface area contributed by atoms with Crippen molar-refractivity contribution in [2.24, 2.45) is 17.3 Å². The molecular weight excluding hydrogens is 420 g/mol. The number of carbonyl (C=O) groups excluding carboxylic acids is 2. The first-order chi connectivity index (χ1) is 15.4. The van der Waals surface area contributed by atoms with Gasteiger partial charge in [-0.05, 0) is 57.4 Å². The SMILES string of the molecule is C/C=C(/C)C(=O)OC1CC(O)(C(C)C)C2C(OC(=O)c3ccc(O)cc3)CC(C)=CCC12C. The predicted octanol–water partition coefficient (Wildman–Crippen LogP) is 4.95. The van der Waals surface area contributed by atoms with E-state index >= 15 is 0 Å². The van der Waals surface area contributed by atoms with E-state index in [9.17, 15) is 19.8 Å². The Balaban J connectivity index is 2.00. The zero-order chi connectivity index (χ0) is 24.6. The summed E-state index contributed by atoms with van der Waals surface area (Å²) < 4.78 is 12.0. The molecule has 0 amide bonds. The Hall–Kier alpha value is -2.60. The summed E-state index contributed by atoms with van der Waals surface area (Å²) in [6, 6.07) is 5.92. The van der Waals surface area contributed by atoms with Crippen LogP contribution in [-0.4, -0.2) is 40.0 Å². The van der Waals surface area contributed by atoms with E-state index in [-0.39, 0.29) is 18.1 Å². The number of phenolic OH excluding ortho intramolecular Hbond substituents is 1. The lowest BCUT2D eigenvalue weighted by Gasteiger charge is -2.43. The Labute approximate surface area is 196 Å². The van der Waals surface area contributed by atoms with E-state index in [2.05, 4.69) is 6.08 Å². The number of ether oxygens (including phenoxy) is 2. The van der Waals surface area contributed by atoms with Crippen molar-refractivity contribution in [3.05, 3.63) is 53.1 Å². The van der Waals surface area contributed by atoms with Crippen molar-refractivity contribution in [1.29, 1.82) is 0 Å². The maximum absolute atomic E-state index is 13.0. The molecule has 0 radical (unpaired) electrons. The normalized spacial score (nSPS) is 32.1. The first-order valence-electron chi connectivity index (χ1n) is 11.6. The third kappa shape index (κ3) is 4.72. The highest BCUT2D eigenvalue weighted by atomic mass is 16.6. The highest BCUT2D eigenvalue weighted by molar-refractivity contribution is 5.89. The van der Waals surface area contributed by atoms with E-state index < -0.39 is 41.1 Å². The van der Waals surface area contributed by atoms with Crippen LogP contribution < -0.4 is 0 Å². The molecule has 2 N–H and O–H groups in total. The first kappa shape index (κ1) is 25.0. The van der Waals surface area contributed by atoms with Crippen molar-refractivity contribution in [1.82, 2.24) is 0 Å². The Morgan fingerprint density at radius 1 is 1.18 bits per heavy atom. The minimum absolute atomic E-state index is 0.0680. The van der Waals surface area contributed by atoms with Gasteiger partial charge in [-0.25, -0.2) is 9.59 Å². The van der Waals surface area contributed by atoms with Gasteiger partial charge in [-0.2, -0.15) is 0 Å². The molecule has 33 heavy (non-hydrogen) atoms. The van der Waals surface area contributed by atoms with E-state index in [0.717, 1.165) is 5.57 Å². The Morgan fingerprint density at radius 2 is 1.82 bits per heavy atom. The fourth-order valence-electron chi connectivity index (χ4n) is 5.37. The van der Waals surface area contributed by atoms with Crippen molar-refractivity contribution >= 4 is 11.9 Å². The van der Waals surface area contributed by atoms with Crippen molar-refractivity contribution in [2.45, 2.75) is 78.6 Å². The molecule has 1 saturated carbocycles. The number of fused-ring (bicyclic) bond motifs is 1. The summed E-state index contributed by atoms with van der Waals surface area (Å²) in [4.78, 5) is 25.7. The molecule has 6 nitrogen and oxygen atoms in total. The maximum Gasteiger partial charge on any atom is 0.338 e. The second kappa shape index (κ2) is 9.34. The van der Waals surface area contributed by atoms with Gasteiger partial charge in [-0.1, -0.05) is 38.5 Å². The van der Waals surface area contributed by atoms with Crippen molar-refractivity contribution < 1.29 is 29.3 Å². The average molecular weight is 457 g/mol. The zero-order valence-electron chi connectivity index (χ0n) is 20.4. The molecule has 0 bridgehead atoms. The van der Waals surface area contributed by atoms with Crippen LogP contribution in [0.4, 0.5) is 0 Å². The summed E-state index contributed by atoms with van der Waals surface area (Å²) in [5, 5.41) is 21.5. The molecule has 5 unspecified atom stereocenters. The van der Waals surface area contributed by atoms with Crippen LogP contribution in [0.5, 0.6) is 5.75 Å². The standard InChI is InChI=1S/C27H36O6/c1-7-18(5)24(29)33-22-15-27(31,16(2)3)23-21(14-17(4)12-13-26(22,23)6)32-25(30)19-8-10-20(28)11-9-19/h7-12,16,21-23,28,31H,13-15H2,1-6H3/b18-7-. The molecule has 1 aromatic carbocycles. The summed E-state index contributed by atoms with van der Waals surface area (Å²) in [5.74, 6) is -1.39. The largest absolute Gasteiger partial charge is 0.508 e. The lowest BCUT2D eigenvalue weighted by Crippen LogP contribution is -2.50. The van der Waals surface area contributed by atoms with E-state index in [1.165, 1.54) is 24.3 Å². The van der Waals surface area contributed by atoms with Gasteiger partial charge in [-0.15, -0.1) is 0 Å². The minimum Gasteiger partial charge on any atom is -0.508 e. The Kier molecular flexibility index (Phi) is 7.08. The molecule has 0 saturated heterocycles. The number of aromatic hydroxyl groups is 1. The smallest absolute Gasteiger partial charge is 0.338 e. The fourth-order valence-corrected chi connectivity index (χ4v) is 5.37. The Morgan fingerprint density at radius 3 is 2.39 bits per heavy atom. The number of hydrogen-bond acceptors (Lipinski definition) is 6. The van der Waals surface area contributed by atoms with Crippen LogP contribution in [0, 0.1) is 17.3 Å². The summed E-state index contributed by atoms with van der Waals surface area (Å²) in [6.45, 7) is 11.4. The number of carbonyl (C=O) groups is 2. The van der Waals surface area contributed by atoms with E-state index in [1.54, 1.807) is 19.9 Å².